The number of benzene rings is 1. The van der Waals surface area contributed by atoms with E-state index in [1.807, 2.05) is 25.1 Å². The summed E-state index contributed by atoms with van der Waals surface area (Å²) in [4.78, 5) is 34.0. The Hall–Kier alpha value is -2.25. The second-order valence-electron chi connectivity index (χ2n) is 10.7. The largest absolute Gasteiger partial charge is 0.356 e. The number of rotatable bonds is 8. The maximum absolute atomic E-state index is 13.6. The summed E-state index contributed by atoms with van der Waals surface area (Å²) in [5.41, 5.74) is 1.82. The number of thiazole rings is 1. The number of hydrogen-bond donors (Lipinski definition) is 2. The van der Waals surface area contributed by atoms with Gasteiger partial charge in [-0.25, -0.2) is 4.98 Å². The van der Waals surface area contributed by atoms with Gasteiger partial charge in [0.15, 0.2) is 0 Å². The number of carbonyl (C=O) groups is 2. The maximum atomic E-state index is 13.6. The van der Waals surface area contributed by atoms with Gasteiger partial charge in [0.1, 0.15) is 0 Å². The molecule has 1 aromatic heterocycles. The number of nitrogens with zero attached hydrogens (tertiary/aromatic N) is 2. The van der Waals surface area contributed by atoms with E-state index in [4.69, 9.17) is 0 Å². The number of carbonyl (C=O) groups excluding carboxylic acids is 2. The first-order valence-electron chi connectivity index (χ1n) is 12.9. The number of hydrogen-bond acceptors (Lipinski definition) is 5. The van der Waals surface area contributed by atoms with Crippen LogP contribution in [0.25, 0.3) is 10.2 Å². The molecule has 180 valence electrons. The van der Waals surface area contributed by atoms with E-state index in [-0.39, 0.29) is 40.9 Å². The van der Waals surface area contributed by atoms with Crippen molar-refractivity contribution in [3.8, 4) is 0 Å². The molecule has 6 nitrogen and oxygen atoms in total. The molecule has 2 amide bonds. The average molecular weight is 479 g/mol. The van der Waals surface area contributed by atoms with Crippen molar-refractivity contribution in [3.63, 3.8) is 0 Å². The van der Waals surface area contributed by atoms with Gasteiger partial charge in [-0.05, 0) is 101 Å². The fraction of sp³-hybridized carbons (Fsp3) is 0.593. The number of nitrogens with one attached hydrogen (secondary N) is 2. The van der Waals surface area contributed by atoms with Gasteiger partial charge in [0.2, 0.25) is 11.8 Å². The van der Waals surface area contributed by atoms with Crippen molar-refractivity contribution >= 4 is 39.1 Å². The lowest BCUT2D eigenvalue weighted by Gasteiger charge is -2.26. The molecule has 4 atom stereocenters. The van der Waals surface area contributed by atoms with Gasteiger partial charge >= 0.3 is 0 Å². The molecular formula is C27H34N4O2S. The molecule has 0 unspecified atom stereocenters. The number of aromatic nitrogens is 1. The lowest BCUT2D eigenvalue weighted by molar-refractivity contribution is -0.132. The summed E-state index contributed by atoms with van der Waals surface area (Å²) >= 11 is 1.66. The standard InChI is InChI=1S/C27H34N4O2S/c1-17-29-21-16-18(6-9-22(21)34-17)30-26(33)24-20-8-7-19(27(20)10-11-27)23(24)25(32)28-12-2-3-13-31-14-4-5-15-31/h6-9,16,19-20,23-24H,2-5,10-15H2,1H3,(H,28,32)(H,30,33)/t19-,20+,23-,24-/m1/s1. The Bertz CT molecular complexity index is 1130. The molecule has 3 fully saturated rings. The molecule has 34 heavy (non-hydrogen) atoms. The Morgan fingerprint density at radius 1 is 1.09 bits per heavy atom. The van der Waals surface area contributed by atoms with Gasteiger partial charge in [0.05, 0.1) is 27.1 Å². The monoisotopic (exact) mass is 478 g/mol. The molecule has 4 aliphatic rings. The van der Waals surface area contributed by atoms with Crippen molar-refractivity contribution in [2.24, 2.45) is 29.1 Å². The van der Waals surface area contributed by atoms with Crippen molar-refractivity contribution in [2.45, 2.75) is 45.4 Å². The molecule has 2 bridgehead atoms. The van der Waals surface area contributed by atoms with Crippen molar-refractivity contribution in [3.05, 3.63) is 35.4 Å². The number of allylic oxidation sites excluding steroid dienone is 2. The lowest BCUT2D eigenvalue weighted by atomic mass is 9.81. The Labute approximate surface area is 205 Å². The molecule has 1 aromatic carbocycles. The van der Waals surface area contributed by atoms with Crippen molar-refractivity contribution in [1.29, 1.82) is 0 Å². The lowest BCUT2D eigenvalue weighted by Crippen LogP contribution is -2.42. The van der Waals surface area contributed by atoms with Crippen LogP contribution in [0.3, 0.4) is 0 Å². The predicted octanol–water partition coefficient (Wildman–Crippen LogP) is 4.36. The van der Waals surface area contributed by atoms with Crippen molar-refractivity contribution in [1.82, 2.24) is 15.2 Å². The Balaban J connectivity index is 1.11. The van der Waals surface area contributed by atoms with E-state index >= 15 is 0 Å². The molecule has 0 radical (unpaired) electrons. The predicted molar refractivity (Wildman–Crippen MR) is 136 cm³/mol. The van der Waals surface area contributed by atoms with Gasteiger partial charge in [0.25, 0.3) is 0 Å². The van der Waals surface area contributed by atoms with Crippen LogP contribution in [0, 0.1) is 36.0 Å². The number of likely N-dealkylation sites (tertiary alicyclic amines) is 1. The first-order valence-corrected chi connectivity index (χ1v) is 13.7. The van der Waals surface area contributed by atoms with E-state index in [2.05, 4.69) is 32.7 Å². The third kappa shape index (κ3) is 3.87. The van der Waals surface area contributed by atoms with Gasteiger partial charge in [-0.3, -0.25) is 9.59 Å². The zero-order valence-corrected chi connectivity index (χ0v) is 20.7. The van der Waals surface area contributed by atoms with E-state index in [0.29, 0.717) is 6.54 Å². The van der Waals surface area contributed by atoms with E-state index in [1.165, 1.54) is 25.9 Å². The molecule has 2 aromatic rings. The number of fused-ring (bicyclic) bond motifs is 1. The third-order valence-electron chi connectivity index (χ3n) is 8.61. The van der Waals surface area contributed by atoms with Crippen LogP contribution < -0.4 is 10.6 Å². The average Bonchev–Trinajstić information content (AvgIpc) is 3.10. The summed E-state index contributed by atoms with van der Waals surface area (Å²) in [6.07, 6.45) is 11.4. The van der Waals surface area contributed by atoms with Crippen LogP contribution in [0.2, 0.25) is 0 Å². The summed E-state index contributed by atoms with van der Waals surface area (Å²) in [6, 6.07) is 5.91. The van der Waals surface area contributed by atoms with Crippen LogP contribution >= 0.6 is 11.3 Å². The van der Waals surface area contributed by atoms with Crippen LogP contribution in [0.5, 0.6) is 0 Å². The summed E-state index contributed by atoms with van der Waals surface area (Å²) < 4.78 is 1.12. The second-order valence-corrected chi connectivity index (χ2v) is 11.9. The van der Waals surface area contributed by atoms with Crippen LogP contribution in [0.15, 0.2) is 30.4 Å². The normalized spacial score (nSPS) is 28.7. The molecule has 6 rings (SSSR count). The van der Waals surface area contributed by atoms with Gasteiger partial charge in [-0.1, -0.05) is 12.2 Å². The Kier molecular flexibility index (Phi) is 5.72. The highest BCUT2D eigenvalue weighted by molar-refractivity contribution is 7.18. The minimum atomic E-state index is -0.296. The van der Waals surface area contributed by atoms with Crippen LogP contribution in [-0.2, 0) is 9.59 Å². The minimum Gasteiger partial charge on any atom is -0.356 e. The van der Waals surface area contributed by atoms with Gasteiger partial charge < -0.3 is 15.5 Å². The number of aryl methyl sites for hydroxylation is 1. The highest BCUT2D eigenvalue weighted by atomic mass is 32.1. The smallest absolute Gasteiger partial charge is 0.228 e. The van der Waals surface area contributed by atoms with Gasteiger partial charge in [-0.2, -0.15) is 0 Å². The first kappa shape index (κ1) is 22.2. The highest BCUT2D eigenvalue weighted by Gasteiger charge is 2.69. The SMILES string of the molecule is Cc1nc2cc(NC(=O)[C@H]3[C@H](C(=O)NCCCCN4CCCC4)[C@H]4C=C[C@@H]3C43CC3)ccc2s1. The fourth-order valence-electron chi connectivity index (χ4n) is 6.85. The molecule has 7 heteroatoms. The van der Waals surface area contributed by atoms with Crippen LogP contribution in [-0.4, -0.2) is 47.9 Å². The Morgan fingerprint density at radius 2 is 1.82 bits per heavy atom. The molecule has 1 aliphatic heterocycles. The number of unbranched alkanes of at least 4 members (excludes halogenated alkanes) is 1. The summed E-state index contributed by atoms with van der Waals surface area (Å²) in [5, 5.41) is 7.35. The summed E-state index contributed by atoms with van der Waals surface area (Å²) in [5.74, 6) is -0.148. The van der Waals surface area contributed by atoms with E-state index in [1.54, 1.807) is 11.3 Å². The molecule has 3 aliphatic carbocycles. The Morgan fingerprint density at radius 3 is 2.56 bits per heavy atom. The highest BCUT2D eigenvalue weighted by Crippen LogP contribution is 2.72. The maximum Gasteiger partial charge on any atom is 0.228 e. The molecular weight excluding hydrogens is 444 g/mol. The molecule has 1 spiro atoms. The molecule has 2 saturated carbocycles. The zero-order chi connectivity index (χ0) is 23.3. The van der Waals surface area contributed by atoms with Crippen LogP contribution in [0.1, 0.15) is 43.5 Å². The second kappa shape index (κ2) is 8.76. The molecule has 2 N–H and O–H groups in total. The summed E-state index contributed by atoms with van der Waals surface area (Å²) in [7, 11) is 0. The van der Waals surface area contributed by atoms with Crippen molar-refractivity contribution in [2.75, 3.05) is 31.5 Å². The third-order valence-corrected chi connectivity index (χ3v) is 9.56. The van der Waals surface area contributed by atoms with Gasteiger partial charge in [0, 0.05) is 12.2 Å². The molecule has 2 heterocycles. The quantitative estimate of drug-likeness (QED) is 0.437. The first-order chi connectivity index (χ1) is 16.5. The molecule has 1 saturated heterocycles. The van der Waals surface area contributed by atoms with Crippen LogP contribution in [0.4, 0.5) is 5.69 Å². The number of anilines is 1. The van der Waals surface area contributed by atoms with Crippen molar-refractivity contribution < 1.29 is 9.59 Å². The minimum absolute atomic E-state index is 0.0244. The zero-order valence-electron chi connectivity index (χ0n) is 19.9. The topological polar surface area (TPSA) is 74.3 Å². The fourth-order valence-corrected chi connectivity index (χ4v) is 7.66. The number of amides is 2. The van der Waals surface area contributed by atoms with Gasteiger partial charge in [-0.15, -0.1) is 11.3 Å². The van der Waals surface area contributed by atoms with E-state index in [9.17, 15) is 9.59 Å². The van der Waals surface area contributed by atoms with E-state index < -0.39 is 0 Å². The van der Waals surface area contributed by atoms with E-state index in [0.717, 1.165) is 53.1 Å². The summed E-state index contributed by atoms with van der Waals surface area (Å²) in [6.45, 7) is 6.26.